The topological polar surface area (TPSA) is 82.3 Å². The molecule has 0 unspecified atom stereocenters. The van der Waals surface area contributed by atoms with Gasteiger partial charge in [-0.3, -0.25) is 10.1 Å². The minimum absolute atomic E-state index is 0.174. The first-order chi connectivity index (χ1) is 19.4. The van der Waals surface area contributed by atoms with Crippen LogP contribution >= 0.6 is 0 Å². The highest BCUT2D eigenvalue weighted by Crippen LogP contribution is 2.33. The van der Waals surface area contributed by atoms with Crippen LogP contribution in [0.4, 0.5) is 14.5 Å². The van der Waals surface area contributed by atoms with Crippen LogP contribution < -0.4 is 15.9 Å². The second-order valence-corrected chi connectivity index (χ2v) is 9.98. The van der Waals surface area contributed by atoms with Crippen LogP contribution in [0.3, 0.4) is 0 Å². The summed E-state index contributed by atoms with van der Waals surface area (Å²) in [7, 11) is 0. The number of anilines is 1. The third-order valence-electron chi connectivity index (χ3n) is 7.43. The maximum absolute atomic E-state index is 16.3. The molecule has 0 amide bonds. The minimum atomic E-state index is -0.542. The summed E-state index contributed by atoms with van der Waals surface area (Å²) >= 11 is 0. The van der Waals surface area contributed by atoms with Gasteiger partial charge in [-0.05, 0) is 55.5 Å². The van der Waals surface area contributed by atoms with Crippen molar-refractivity contribution >= 4 is 34.2 Å². The Morgan fingerprint density at radius 3 is 2.67 bits per heavy atom. The first-order valence-electron chi connectivity index (χ1n) is 13.2. The van der Waals surface area contributed by atoms with Gasteiger partial charge in [0.25, 0.3) is 0 Å². The number of aromatic amines is 2. The SMILES string of the molecule is C=C(/C(F)=c1/c(-c2nc3c(-c4cccc(F)c4)cccc3[nH]2)n[nH]/c1=C/C)c1cncc(NC(=C)C2CCC2)c1. The standard InChI is InChI=1S/C32H28F2N6/c1-4-26-28(29(34)18(2)22-15-24(17-35-16-22)36-19(3)20-8-5-9-20)31(40-39-26)32-37-27-13-7-12-25(30(27)38-32)21-10-6-11-23(33)14-21/h4,6-7,10-17,20,36,39H,2-3,5,8-9H2,1H3,(H,37,38)/b26-4+,29-28-. The molecule has 40 heavy (non-hydrogen) atoms. The van der Waals surface area contributed by atoms with E-state index < -0.39 is 5.83 Å². The number of allylic oxidation sites excluding steroid dienone is 2. The van der Waals surface area contributed by atoms with Crippen molar-refractivity contribution in [2.24, 2.45) is 5.92 Å². The number of pyridine rings is 1. The number of nitrogens with zero attached hydrogens (tertiary/aromatic N) is 3. The molecule has 1 aliphatic carbocycles. The van der Waals surface area contributed by atoms with Crippen LogP contribution in [-0.2, 0) is 0 Å². The highest BCUT2D eigenvalue weighted by molar-refractivity contribution is 5.96. The van der Waals surface area contributed by atoms with Gasteiger partial charge in [0.1, 0.15) is 17.3 Å². The van der Waals surface area contributed by atoms with Gasteiger partial charge < -0.3 is 10.3 Å². The van der Waals surface area contributed by atoms with Crippen LogP contribution in [0.25, 0.3) is 51.2 Å². The van der Waals surface area contributed by atoms with Gasteiger partial charge in [0.05, 0.1) is 33.5 Å². The molecule has 0 saturated heterocycles. The predicted octanol–water partition coefficient (Wildman–Crippen LogP) is 6.47. The average molecular weight is 535 g/mol. The first kappa shape index (κ1) is 25.4. The molecule has 0 atom stereocenters. The van der Waals surface area contributed by atoms with Gasteiger partial charge in [0, 0.05) is 28.6 Å². The summed E-state index contributed by atoms with van der Waals surface area (Å²) in [5.74, 6) is -0.0401. The summed E-state index contributed by atoms with van der Waals surface area (Å²) in [6, 6.07) is 13.8. The van der Waals surface area contributed by atoms with Gasteiger partial charge in [-0.2, -0.15) is 5.10 Å². The zero-order chi connectivity index (χ0) is 27.8. The predicted molar refractivity (Wildman–Crippen MR) is 156 cm³/mol. The van der Waals surface area contributed by atoms with E-state index in [4.69, 9.17) is 4.98 Å². The number of nitrogens with one attached hydrogen (secondary N) is 3. The third kappa shape index (κ3) is 4.62. The molecule has 2 aromatic carbocycles. The van der Waals surface area contributed by atoms with Gasteiger partial charge in [-0.15, -0.1) is 0 Å². The smallest absolute Gasteiger partial charge is 0.159 e. The van der Waals surface area contributed by atoms with Crippen LogP contribution in [0.15, 0.2) is 79.8 Å². The lowest BCUT2D eigenvalue weighted by Crippen LogP contribution is -2.26. The molecule has 1 aliphatic rings. The zero-order valence-electron chi connectivity index (χ0n) is 22.1. The number of fused-ring (bicyclic) bond motifs is 1. The fourth-order valence-corrected chi connectivity index (χ4v) is 4.99. The van der Waals surface area contributed by atoms with E-state index in [1.54, 1.807) is 31.5 Å². The molecule has 200 valence electrons. The van der Waals surface area contributed by atoms with Crippen LogP contribution in [0.1, 0.15) is 31.7 Å². The number of halogens is 2. The quantitative estimate of drug-likeness (QED) is 0.224. The van der Waals surface area contributed by atoms with Crippen molar-refractivity contribution in [1.82, 2.24) is 25.1 Å². The molecule has 0 spiro atoms. The molecular formula is C32H28F2N6. The Bertz CT molecular complexity index is 1890. The lowest BCUT2D eigenvalue weighted by atomic mass is 9.83. The van der Waals surface area contributed by atoms with Crippen molar-refractivity contribution in [3.63, 3.8) is 0 Å². The number of imidazole rings is 1. The van der Waals surface area contributed by atoms with Gasteiger partial charge in [-0.25, -0.2) is 13.8 Å². The lowest BCUT2D eigenvalue weighted by Gasteiger charge is -2.28. The Morgan fingerprint density at radius 2 is 1.93 bits per heavy atom. The van der Waals surface area contributed by atoms with E-state index in [0.29, 0.717) is 39.4 Å². The van der Waals surface area contributed by atoms with Crippen molar-refractivity contribution in [3.8, 4) is 22.6 Å². The largest absolute Gasteiger partial charge is 0.358 e. The molecule has 0 aliphatic heterocycles. The highest BCUT2D eigenvalue weighted by Gasteiger charge is 2.21. The van der Waals surface area contributed by atoms with Crippen molar-refractivity contribution in [1.29, 1.82) is 0 Å². The highest BCUT2D eigenvalue weighted by atomic mass is 19.1. The van der Waals surface area contributed by atoms with E-state index in [-0.39, 0.29) is 16.6 Å². The first-order valence-corrected chi connectivity index (χ1v) is 13.2. The molecule has 0 bridgehead atoms. The summed E-state index contributed by atoms with van der Waals surface area (Å²) in [5, 5.41) is 11.4. The van der Waals surface area contributed by atoms with Crippen molar-refractivity contribution < 1.29 is 8.78 Å². The summed E-state index contributed by atoms with van der Waals surface area (Å²) in [6.07, 6.45) is 8.48. The van der Waals surface area contributed by atoms with Crippen LogP contribution in [0.2, 0.25) is 0 Å². The van der Waals surface area contributed by atoms with Crippen LogP contribution in [0.5, 0.6) is 0 Å². The van der Waals surface area contributed by atoms with E-state index in [1.807, 2.05) is 30.3 Å². The Hall–Kier alpha value is -4.85. The fraction of sp³-hybridized carbons (Fsp3) is 0.156. The van der Waals surface area contributed by atoms with Gasteiger partial charge in [0.2, 0.25) is 0 Å². The Morgan fingerprint density at radius 1 is 1.10 bits per heavy atom. The zero-order valence-corrected chi connectivity index (χ0v) is 22.1. The summed E-state index contributed by atoms with van der Waals surface area (Å²) in [6.45, 7) is 10.0. The number of hydrogen-bond donors (Lipinski definition) is 3. The monoisotopic (exact) mass is 534 g/mol. The van der Waals surface area contributed by atoms with E-state index in [0.717, 1.165) is 35.3 Å². The van der Waals surface area contributed by atoms with Crippen LogP contribution in [-0.4, -0.2) is 25.1 Å². The molecular weight excluding hydrogens is 506 g/mol. The second kappa shape index (κ2) is 10.4. The van der Waals surface area contributed by atoms with Crippen molar-refractivity contribution in [2.75, 3.05) is 5.32 Å². The maximum Gasteiger partial charge on any atom is 0.159 e. The number of rotatable bonds is 7. The van der Waals surface area contributed by atoms with Gasteiger partial charge in [0.15, 0.2) is 5.82 Å². The Labute approximate surface area is 229 Å². The molecule has 3 aromatic heterocycles. The average Bonchev–Trinajstić information content (AvgIpc) is 3.55. The number of para-hydroxylation sites is 1. The van der Waals surface area contributed by atoms with Crippen LogP contribution in [0, 0.1) is 11.7 Å². The molecule has 1 saturated carbocycles. The number of aromatic nitrogens is 5. The van der Waals surface area contributed by atoms with E-state index in [1.165, 1.54) is 18.6 Å². The Balaban J connectivity index is 1.42. The number of hydrogen-bond acceptors (Lipinski definition) is 4. The fourth-order valence-electron chi connectivity index (χ4n) is 4.99. The van der Waals surface area contributed by atoms with Crippen molar-refractivity contribution in [3.05, 3.63) is 102 Å². The molecule has 5 aromatic rings. The molecule has 0 radical (unpaired) electrons. The third-order valence-corrected chi connectivity index (χ3v) is 7.43. The Kier molecular flexibility index (Phi) is 6.59. The number of benzene rings is 2. The maximum atomic E-state index is 16.3. The molecule has 3 heterocycles. The minimum Gasteiger partial charge on any atom is -0.358 e. The van der Waals surface area contributed by atoms with E-state index >= 15 is 4.39 Å². The summed E-state index contributed by atoms with van der Waals surface area (Å²) < 4.78 is 30.2. The molecule has 6 nitrogen and oxygen atoms in total. The summed E-state index contributed by atoms with van der Waals surface area (Å²) in [5.41, 5.74) is 5.52. The van der Waals surface area contributed by atoms with Crippen molar-refractivity contribution in [2.45, 2.75) is 26.2 Å². The molecule has 1 fully saturated rings. The van der Waals surface area contributed by atoms with Gasteiger partial charge in [-0.1, -0.05) is 49.9 Å². The molecule has 6 rings (SSSR count). The molecule has 8 heteroatoms. The molecule has 3 N–H and O–H groups in total. The lowest BCUT2D eigenvalue weighted by molar-refractivity contribution is 0.371. The number of H-pyrrole nitrogens is 2. The van der Waals surface area contributed by atoms with Gasteiger partial charge >= 0.3 is 0 Å². The van der Waals surface area contributed by atoms with E-state index in [2.05, 4.69) is 38.6 Å². The summed E-state index contributed by atoms with van der Waals surface area (Å²) in [4.78, 5) is 12.3. The second-order valence-electron chi connectivity index (χ2n) is 9.98. The normalized spacial score (nSPS) is 14.7. The van der Waals surface area contributed by atoms with E-state index in [9.17, 15) is 4.39 Å².